The van der Waals surface area contributed by atoms with Crippen LogP contribution in [0.15, 0.2) is 0 Å². The quantitative estimate of drug-likeness (QED) is 0.504. The maximum absolute atomic E-state index is 0. The minimum atomic E-state index is 0. The molecule has 0 spiro atoms. The van der Waals surface area contributed by atoms with E-state index in [9.17, 15) is 0 Å². The average molecular weight is 363 g/mol. The standard InChI is InChI=1S/Ba.Ca.Mg.Sr.Zn.8H/q4*+2;;8*-1. The third-order valence-electron chi connectivity index (χ3n) is 0. The Bertz CT molecular complexity index is 24.1. The molecule has 0 radical (unpaired) electrons. The van der Waals surface area contributed by atoms with Gasteiger partial charge in [-0.25, -0.2) is 0 Å². The van der Waals surface area contributed by atoms with E-state index in [0.717, 1.165) is 0 Å². The molecule has 0 rings (SSSR count). The van der Waals surface area contributed by atoms with Gasteiger partial charge in [0.2, 0.25) is 0 Å². The molecule has 0 atom stereocenters. The molecule has 0 N–H and O–H groups in total. The van der Waals surface area contributed by atoms with E-state index in [4.69, 9.17) is 0 Å². The van der Waals surface area contributed by atoms with E-state index < -0.39 is 0 Å². The fraction of sp³-hybridized carbons (Fsp3) is 0. The first-order valence-corrected chi connectivity index (χ1v) is 0. The molecule has 0 amide bonds. The van der Waals surface area contributed by atoms with E-state index in [1.807, 2.05) is 0 Å². The first-order valence-electron chi connectivity index (χ1n) is 0. The van der Waals surface area contributed by atoms with Gasteiger partial charge in [0, 0.05) is 19.5 Å². The van der Waals surface area contributed by atoms with Gasteiger partial charge in [0.05, 0.1) is 0 Å². The van der Waals surface area contributed by atoms with Crippen molar-refractivity contribution in [2.75, 3.05) is 0 Å². The molecule has 0 heterocycles. The number of hydrogen-bond acceptors (Lipinski definition) is 0. The van der Waals surface area contributed by atoms with E-state index >= 15 is 0 Å². The molecule has 0 nitrogen and oxygen atoms in total. The molecule has 5 heavy (non-hydrogen) atoms. The molecule has 0 bridgehead atoms. The molecule has 0 saturated carbocycles. The summed E-state index contributed by atoms with van der Waals surface area (Å²) in [5.41, 5.74) is 0. The Kier molecular flexibility index (Phi) is 140. The fourth-order valence-corrected chi connectivity index (χ4v) is 0. The van der Waals surface area contributed by atoms with Crippen LogP contribution in [0.4, 0.5) is 0 Å². The van der Waals surface area contributed by atoms with E-state index in [1.165, 1.54) is 0 Å². The second kappa shape index (κ2) is 22.6. The summed E-state index contributed by atoms with van der Waals surface area (Å²) >= 11 is 0. The summed E-state index contributed by atoms with van der Waals surface area (Å²) in [6.45, 7) is 0. The Morgan fingerprint density at radius 3 is 1.20 bits per heavy atom. The molecule has 0 saturated heterocycles. The van der Waals surface area contributed by atoms with E-state index in [0.29, 0.717) is 0 Å². The van der Waals surface area contributed by atoms with Gasteiger partial charge in [-0.1, -0.05) is 0 Å². The molecule has 5 heteroatoms. The van der Waals surface area contributed by atoms with Crippen molar-refractivity contribution in [3.05, 3.63) is 0 Å². The smallest absolute Gasteiger partial charge is 1.00 e. The van der Waals surface area contributed by atoms with Crippen LogP contribution in [0.3, 0.4) is 0 Å². The van der Waals surface area contributed by atoms with Crippen molar-refractivity contribution in [3.63, 3.8) is 0 Å². The molecule has 0 unspecified atom stereocenters. The molecule has 18 valence electrons. The molecule has 0 fully saturated rings. The van der Waals surface area contributed by atoms with Gasteiger partial charge in [-0.3, -0.25) is 0 Å². The monoisotopic (exact) mass is 362 g/mol. The first kappa shape index (κ1) is 31.0. The van der Waals surface area contributed by atoms with Gasteiger partial charge >= 0.3 is 155 Å². The third-order valence-corrected chi connectivity index (χ3v) is 0. The predicted octanol–water partition coefficient (Wildman–Crippen LogP) is -0.626. The molecule has 0 aliphatic heterocycles. The Hall–Kier alpha value is 5.70. The largest absolute Gasteiger partial charge is 2.00 e. The zero-order valence-electron chi connectivity index (χ0n) is 11.5. The van der Waals surface area contributed by atoms with Crippen LogP contribution in [0.1, 0.15) is 11.4 Å². The molecule has 0 aromatic rings. The molecule has 0 aliphatic carbocycles. The number of hydrogen-bond donors (Lipinski definition) is 0. The Balaban J connectivity index is 0. The Morgan fingerprint density at radius 1 is 1.20 bits per heavy atom. The van der Waals surface area contributed by atoms with Crippen molar-refractivity contribution in [3.8, 4) is 0 Å². The molecule has 0 aromatic carbocycles. The van der Waals surface area contributed by atoms with Crippen LogP contribution in [0.5, 0.6) is 0 Å². The Morgan fingerprint density at radius 2 is 1.20 bits per heavy atom. The van der Waals surface area contributed by atoms with Gasteiger partial charge in [0.25, 0.3) is 0 Å². The minimum absolute atomic E-state index is 0. The van der Waals surface area contributed by atoms with Crippen molar-refractivity contribution in [1.29, 1.82) is 0 Å². The second-order valence-corrected chi connectivity index (χ2v) is 0. The van der Waals surface area contributed by atoms with Gasteiger partial charge in [0.15, 0.2) is 0 Å². The van der Waals surface area contributed by atoms with Gasteiger partial charge in [-0.2, -0.15) is 0 Å². The maximum atomic E-state index is 0. The zero-order chi connectivity index (χ0) is 0. The summed E-state index contributed by atoms with van der Waals surface area (Å²) < 4.78 is 0. The van der Waals surface area contributed by atoms with Gasteiger partial charge in [-0.05, 0) is 0 Å². The van der Waals surface area contributed by atoms with Crippen LogP contribution in [0.25, 0.3) is 0 Å². The van der Waals surface area contributed by atoms with Crippen LogP contribution in [-0.4, -0.2) is 155 Å². The summed E-state index contributed by atoms with van der Waals surface area (Å²) in [5, 5.41) is 0. The van der Waals surface area contributed by atoms with Crippen LogP contribution < -0.4 is 0 Å². The van der Waals surface area contributed by atoms with Gasteiger partial charge in [0.1, 0.15) is 0 Å². The molecule has 0 aromatic heterocycles. The molecular weight excluding hydrogens is 355 g/mol. The number of rotatable bonds is 0. The normalized spacial score (nSPS) is 0. The van der Waals surface area contributed by atoms with Crippen LogP contribution in [-0.2, 0) is 19.5 Å². The van der Waals surface area contributed by atoms with Crippen LogP contribution >= 0.6 is 0 Å². The molecule has 0 aliphatic rings. The van der Waals surface area contributed by atoms with Crippen LogP contribution in [0.2, 0.25) is 0 Å². The summed E-state index contributed by atoms with van der Waals surface area (Å²) in [4.78, 5) is 0. The third kappa shape index (κ3) is 17.7. The van der Waals surface area contributed by atoms with Crippen molar-refractivity contribution >= 4 is 155 Å². The van der Waals surface area contributed by atoms with Gasteiger partial charge in [-0.15, -0.1) is 0 Å². The summed E-state index contributed by atoms with van der Waals surface area (Å²) in [5.74, 6) is 0. The minimum Gasteiger partial charge on any atom is -1.00 e. The summed E-state index contributed by atoms with van der Waals surface area (Å²) in [6, 6.07) is 0. The fourth-order valence-electron chi connectivity index (χ4n) is 0. The van der Waals surface area contributed by atoms with Crippen LogP contribution in [0, 0.1) is 0 Å². The Labute approximate surface area is 180 Å². The summed E-state index contributed by atoms with van der Waals surface area (Å²) in [6.07, 6.45) is 0. The zero-order valence-corrected chi connectivity index (χ0v) is 18.0. The maximum Gasteiger partial charge on any atom is 2.00 e. The van der Waals surface area contributed by atoms with E-state index in [2.05, 4.69) is 0 Å². The topological polar surface area (TPSA) is 0 Å². The van der Waals surface area contributed by atoms with Crippen molar-refractivity contribution in [2.24, 2.45) is 0 Å². The first-order chi connectivity index (χ1) is 0. The SMILES string of the molecule is [Ba+2].[Ca+2].[H-].[H-].[H-].[H-].[H-].[H-].[H-].[H-].[Mg+2].[Sr+2].[Zn]. The van der Waals surface area contributed by atoms with E-state index in [1.54, 1.807) is 0 Å². The predicted molar refractivity (Wildman–Crippen MR) is 31.9 cm³/mol. The second-order valence-electron chi connectivity index (χ2n) is 0. The van der Waals surface area contributed by atoms with E-state index in [-0.39, 0.29) is 186 Å². The van der Waals surface area contributed by atoms with Crippen molar-refractivity contribution in [1.82, 2.24) is 0 Å². The van der Waals surface area contributed by atoms with Crippen molar-refractivity contribution < 1.29 is 30.9 Å². The summed E-state index contributed by atoms with van der Waals surface area (Å²) in [7, 11) is 0. The molecular formula is H8BaCaMgSrZn. The average Bonchev–Trinajstić information content (AvgIpc) is 0. The van der Waals surface area contributed by atoms with Gasteiger partial charge < -0.3 is 11.4 Å². The van der Waals surface area contributed by atoms with Crippen molar-refractivity contribution in [2.45, 2.75) is 0 Å².